The van der Waals surface area contributed by atoms with Crippen molar-refractivity contribution in [3.63, 3.8) is 0 Å². The van der Waals surface area contributed by atoms with E-state index in [1.165, 1.54) is 0 Å². The van der Waals surface area contributed by atoms with Gasteiger partial charge in [0.05, 0.1) is 10.6 Å². The molecule has 14 heavy (non-hydrogen) atoms. The molecule has 1 nitrogen and oxygen atoms in total. The molecule has 1 atom stereocenters. The fourth-order valence-electron chi connectivity index (χ4n) is 1.17. The van der Waals surface area contributed by atoms with Gasteiger partial charge >= 0.3 is 0 Å². The Morgan fingerprint density at radius 3 is 2.71 bits per heavy atom. The third kappa shape index (κ3) is 2.37. The maximum atomic E-state index is 11.9. The molecule has 1 unspecified atom stereocenters. The molecule has 1 rings (SSSR count). The molecule has 76 valence electrons. The van der Waals surface area contributed by atoms with Crippen molar-refractivity contribution in [3.05, 3.63) is 33.3 Å². The number of hydrogen-bond donors (Lipinski definition) is 0. The molecule has 0 aliphatic rings. The van der Waals surface area contributed by atoms with Gasteiger partial charge in [-0.15, -0.1) is 0 Å². The van der Waals surface area contributed by atoms with E-state index in [-0.39, 0.29) is 11.7 Å². The summed E-state index contributed by atoms with van der Waals surface area (Å²) in [6.07, 6.45) is 0.830. The van der Waals surface area contributed by atoms with Crippen LogP contribution >= 0.6 is 27.5 Å². The molecule has 0 heterocycles. The molecule has 0 saturated heterocycles. The lowest BCUT2D eigenvalue weighted by Gasteiger charge is -2.10. The first-order chi connectivity index (χ1) is 6.57. The highest BCUT2D eigenvalue weighted by molar-refractivity contribution is 9.10. The predicted octanol–water partition coefficient (Wildman–Crippen LogP) is 4.33. The first-order valence-electron chi connectivity index (χ1n) is 4.56. The molecule has 0 amide bonds. The summed E-state index contributed by atoms with van der Waals surface area (Å²) in [7, 11) is 0. The van der Waals surface area contributed by atoms with Gasteiger partial charge in [-0.2, -0.15) is 0 Å². The molecule has 0 aliphatic heterocycles. The number of Topliss-reactive ketones (excluding diaryl/α,β-unsaturated/α-hetero) is 1. The lowest BCUT2D eigenvalue weighted by Crippen LogP contribution is -2.11. The van der Waals surface area contributed by atoms with E-state index in [2.05, 4.69) is 15.9 Å². The van der Waals surface area contributed by atoms with E-state index in [0.29, 0.717) is 10.6 Å². The van der Waals surface area contributed by atoms with E-state index < -0.39 is 0 Å². The van der Waals surface area contributed by atoms with Crippen molar-refractivity contribution in [2.75, 3.05) is 0 Å². The highest BCUT2D eigenvalue weighted by atomic mass is 79.9. The van der Waals surface area contributed by atoms with E-state index in [1.54, 1.807) is 6.07 Å². The summed E-state index contributed by atoms with van der Waals surface area (Å²) >= 11 is 9.31. The van der Waals surface area contributed by atoms with Crippen LogP contribution in [0.5, 0.6) is 0 Å². The van der Waals surface area contributed by atoms with Gasteiger partial charge in [-0.05, 0) is 34.5 Å². The average Bonchev–Trinajstić information content (AvgIpc) is 2.16. The van der Waals surface area contributed by atoms with Crippen LogP contribution in [-0.2, 0) is 0 Å². The van der Waals surface area contributed by atoms with E-state index in [0.717, 1.165) is 10.9 Å². The number of carbonyl (C=O) groups is 1. The molecule has 0 fully saturated rings. The second-order valence-electron chi connectivity index (χ2n) is 3.27. The smallest absolute Gasteiger partial charge is 0.168 e. The number of carbonyl (C=O) groups excluding carboxylic acids is 1. The Labute approximate surface area is 97.6 Å². The predicted molar refractivity (Wildman–Crippen MR) is 62.9 cm³/mol. The quantitative estimate of drug-likeness (QED) is 0.750. The Bertz CT molecular complexity index is 329. The standard InChI is InChI=1S/C11H12BrClO/c1-3-7(2)11(14)10-8(12)5-4-6-9(10)13/h4-7H,3H2,1-2H3. The summed E-state index contributed by atoms with van der Waals surface area (Å²) in [5.74, 6) is 0.121. The lowest BCUT2D eigenvalue weighted by atomic mass is 9.97. The van der Waals surface area contributed by atoms with E-state index >= 15 is 0 Å². The zero-order chi connectivity index (χ0) is 10.7. The van der Waals surface area contributed by atoms with E-state index in [9.17, 15) is 4.79 Å². The van der Waals surface area contributed by atoms with Gasteiger partial charge < -0.3 is 0 Å². The molecule has 0 aromatic heterocycles. The minimum Gasteiger partial charge on any atom is -0.294 e. The molecular weight excluding hydrogens is 263 g/mol. The molecule has 1 aromatic rings. The normalized spacial score (nSPS) is 12.6. The summed E-state index contributed by atoms with van der Waals surface area (Å²) in [4.78, 5) is 11.9. The Hall–Kier alpha value is -0.340. The first-order valence-corrected chi connectivity index (χ1v) is 5.73. The summed E-state index contributed by atoms with van der Waals surface area (Å²) in [6, 6.07) is 5.39. The molecule has 0 bridgehead atoms. The third-order valence-corrected chi connectivity index (χ3v) is 3.24. The second-order valence-corrected chi connectivity index (χ2v) is 4.53. The van der Waals surface area contributed by atoms with E-state index in [4.69, 9.17) is 11.6 Å². The van der Waals surface area contributed by atoms with Crippen LogP contribution in [0.4, 0.5) is 0 Å². The highest BCUT2D eigenvalue weighted by Gasteiger charge is 2.18. The zero-order valence-corrected chi connectivity index (χ0v) is 10.5. The number of ketones is 1. The van der Waals surface area contributed by atoms with Gasteiger partial charge in [-0.25, -0.2) is 0 Å². The maximum Gasteiger partial charge on any atom is 0.168 e. The second kappa shape index (κ2) is 4.94. The fourth-order valence-corrected chi connectivity index (χ4v) is 2.11. The van der Waals surface area contributed by atoms with Gasteiger partial charge in [0.2, 0.25) is 0 Å². The topological polar surface area (TPSA) is 17.1 Å². The van der Waals surface area contributed by atoms with Crippen molar-refractivity contribution < 1.29 is 4.79 Å². The van der Waals surface area contributed by atoms with Gasteiger partial charge in [0.15, 0.2) is 5.78 Å². The molecule has 0 N–H and O–H groups in total. The van der Waals surface area contributed by atoms with Crippen molar-refractivity contribution in [3.8, 4) is 0 Å². The summed E-state index contributed by atoms with van der Waals surface area (Å²) in [5.41, 5.74) is 0.600. The fraction of sp³-hybridized carbons (Fsp3) is 0.364. The summed E-state index contributed by atoms with van der Waals surface area (Å²) in [6.45, 7) is 3.91. The SMILES string of the molecule is CCC(C)C(=O)c1c(Cl)cccc1Br. The Morgan fingerprint density at radius 2 is 2.21 bits per heavy atom. The van der Waals surface area contributed by atoms with Crippen molar-refractivity contribution >= 4 is 33.3 Å². The van der Waals surface area contributed by atoms with Gasteiger partial charge in [-0.3, -0.25) is 4.79 Å². The van der Waals surface area contributed by atoms with Gasteiger partial charge in [0.1, 0.15) is 0 Å². The van der Waals surface area contributed by atoms with E-state index in [1.807, 2.05) is 26.0 Å². The van der Waals surface area contributed by atoms with Gasteiger partial charge in [0.25, 0.3) is 0 Å². The van der Waals surface area contributed by atoms with Gasteiger partial charge in [-0.1, -0.05) is 31.5 Å². The number of halogens is 2. The van der Waals surface area contributed by atoms with Crippen LogP contribution in [0, 0.1) is 5.92 Å². The van der Waals surface area contributed by atoms with Crippen LogP contribution in [0.1, 0.15) is 30.6 Å². The molecule has 0 spiro atoms. The monoisotopic (exact) mass is 274 g/mol. The summed E-state index contributed by atoms with van der Waals surface area (Å²) in [5, 5.41) is 0.518. The number of rotatable bonds is 3. The van der Waals surface area contributed by atoms with Crippen molar-refractivity contribution in [1.29, 1.82) is 0 Å². The molecule has 0 saturated carbocycles. The van der Waals surface area contributed by atoms with Gasteiger partial charge in [0, 0.05) is 10.4 Å². The van der Waals surface area contributed by atoms with Crippen LogP contribution < -0.4 is 0 Å². The molecule has 3 heteroatoms. The van der Waals surface area contributed by atoms with Crippen LogP contribution in [-0.4, -0.2) is 5.78 Å². The van der Waals surface area contributed by atoms with Crippen molar-refractivity contribution in [2.45, 2.75) is 20.3 Å². The average molecular weight is 276 g/mol. The van der Waals surface area contributed by atoms with Crippen LogP contribution in [0.2, 0.25) is 5.02 Å². The Kier molecular flexibility index (Phi) is 4.14. The summed E-state index contributed by atoms with van der Waals surface area (Å²) < 4.78 is 0.773. The Balaban J connectivity index is 3.12. The van der Waals surface area contributed by atoms with Crippen molar-refractivity contribution in [2.24, 2.45) is 5.92 Å². The van der Waals surface area contributed by atoms with Crippen LogP contribution in [0.25, 0.3) is 0 Å². The minimum atomic E-state index is 0.0196. The maximum absolute atomic E-state index is 11.9. The molecule has 0 aliphatic carbocycles. The highest BCUT2D eigenvalue weighted by Crippen LogP contribution is 2.27. The minimum absolute atomic E-state index is 0.0196. The Morgan fingerprint density at radius 1 is 1.57 bits per heavy atom. The largest absolute Gasteiger partial charge is 0.294 e. The molecule has 1 aromatic carbocycles. The zero-order valence-electron chi connectivity index (χ0n) is 8.18. The van der Waals surface area contributed by atoms with Crippen LogP contribution in [0.3, 0.4) is 0 Å². The lowest BCUT2D eigenvalue weighted by molar-refractivity contribution is 0.0926. The number of benzene rings is 1. The third-order valence-electron chi connectivity index (χ3n) is 2.27. The molecule has 0 radical (unpaired) electrons. The van der Waals surface area contributed by atoms with Crippen LogP contribution in [0.15, 0.2) is 22.7 Å². The first kappa shape index (κ1) is 11.7. The molecular formula is C11H12BrClO. The van der Waals surface area contributed by atoms with Crippen molar-refractivity contribution in [1.82, 2.24) is 0 Å². The number of hydrogen-bond acceptors (Lipinski definition) is 1.